The van der Waals surface area contributed by atoms with Crippen LogP contribution in [0.1, 0.15) is 176 Å². The zero-order valence-electron chi connectivity index (χ0n) is 26.1. The van der Waals surface area contributed by atoms with Crippen molar-refractivity contribution in [3.8, 4) is 0 Å². The molecule has 2 aliphatic carbocycles. The van der Waals surface area contributed by atoms with Crippen LogP contribution in [-0.4, -0.2) is 25.2 Å². The van der Waals surface area contributed by atoms with Gasteiger partial charge in [-0.3, -0.25) is 0 Å². The van der Waals surface area contributed by atoms with Crippen molar-refractivity contribution in [2.75, 3.05) is 13.2 Å². The maximum Gasteiger partial charge on any atom is 0.339 e. The summed E-state index contributed by atoms with van der Waals surface area (Å²) in [7, 11) is 0. The maximum absolute atomic E-state index is 12.4. The van der Waals surface area contributed by atoms with E-state index in [2.05, 4.69) is 13.8 Å². The maximum atomic E-state index is 12.4. The van der Waals surface area contributed by atoms with Crippen LogP contribution in [0.4, 0.5) is 0 Å². The van der Waals surface area contributed by atoms with Crippen molar-refractivity contribution in [2.45, 2.75) is 155 Å². The van der Waals surface area contributed by atoms with E-state index in [0.717, 1.165) is 37.5 Å². The molecular weight excluding hydrogens is 496 g/mol. The average Bonchev–Trinajstić information content (AvgIpc) is 3.01. The third kappa shape index (κ3) is 14.7. The Morgan fingerprint density at radius 3 is 1.27 bits per heavy atom. The molecule has 0 atom stereocenters. The highest BCUT2D eigenvalue weighted by molar-refractivity contribution is 6.03. The van der Waals surface area contributed by atoms with E-state index >= 15 is 0 Å². The average molecular weight is 557 g/mol. The van der Waals surface area contributed by atoms with Gasteiger partial charge in [0.05, 0.1) is 24.3 Å². The Kier molecular flexibility index (Phi) is 19.6. The summed E-state index contributed by atoms with van der Waals surface area (Å²) in [5, 5.41) is 0. The van der Waals surface area contributed by atoms with Crippen molar-refractivity contribution in [1.82, 2.24) is 0 Å². The molecule has 2 saturated carbocycles. The molecular formula is C36H60O4. The zero-order chi connectivity index (χ0) is 28.7. The number of benzene rings is 1. The molecule has 2 aliphatic rings. The molecule has 0 N–H and O–H groups in total. The minimum absolute atomic E-state index is 0.293. The fraction of sp³-hybridized carbons (Fsp3) is 0.778. The number of unbranched alkanes of at least 4 members (excludes halogenated alkanes) is 10. The highest BCUT2D eigenvalue weighted by atomic mass is 16.5. The molecule has 4 nitrogen and oxygen atoms in total. The number of ether oxygens (including phenoxy) is 2. The van der Waals surface area contributed by atoms with E-state index in [1.807, 2.05) is 0 Å². The quantitative estimate of drug-likeness (QED) is 0.141. The van der Waals surface area contributed by atoms with Crippen LogP contribution in [0.5, 0.6) is 0 Å². The highest BCUT2D eigenvalue weighted by Gasteiger charge is 2.24. The van der Waals surface area contributed by atoms with E-state index in [-0.39, 0.29) is 0 Å². The molecule has 0 radical (unpaired) electrons. The molecule has 4 heteroatoms. The minimum Gasteiger partial charge on any atom is -0.462 e. The lowest BCUT2D eigenvalue weighted by molar-refractivity contribution is 0.0450. The van der Waals surface area contributed by atoms with Crippen LogP contribution in [0, 0.1) is 11.8 Å². The summed E-state index contributed by atoms with van der Waals surface area (Å²) >= 11 is 0. The van der Waals surface area contributed by atoms with Crippen LogP contribution in [0.2, 0.25) is 0 Å². The molecule has 40 heavy (non-hydrogen) atoms. The summed E-state index contributed by atoms with van der Waals surface area (Å²) in [6, 6.07) is 6.74. The molecule has 0 aliphatic heterocycles. The van der Waals surface area contributed by atoms with Crippen molar-refractivity contribution in [3.63, 3.8) is 0 Å². The molecule has 3 rings (SSSR count). The number of hydrogen-bond acceptors (Lipinski definition) is 4. The van der Waals surface area contributed by atoms with Crippen molar-refractivity contribution in [2.24, 2.45) is 11.8 Å². The molecule has 0 amide bonds. The van der Waals surface area contributed by atoms with Crippen LogP contribution >= 0.6 is 0 Å². The van der Waals surface area contributed by atoms with E-state index in [4.69, 9.17) is 9.47 Å². The molecule has 0 unspecified atom stereocenters. The molecule has 0 saturated heterocycles. The summed E-state index contributed by atoms with van der Waals surface area (Å²) in [5.41, 5.74) is 0.586. The van der Waals surface area contributed by atoms with Gasteiger partial charge in [-0.1, -0.05) is 154 Å². The first-order chi connectivity index (χ1) is 19.7. The summed E-state index contributed by atoms with van der Waals surface area (Å²) in [4.78, 5) is 24.7. The lowest BCUT2D eigenvalue weighted by atomic mass is 9.73. The smallest absolute Gasteiger partial charge is 0.339 e. The fourth-order valence-corrected chi connectivity index (χ4v) is 6.30. The van der Waals surface area contributed by atoms with Gasteiger partial charge in [0.2, 0.25) is 0 Å². The summed E-state index contributed by atoms with van der Waals surface area (Å²) in [5.74, 6) is 1.39. The number of rotatable bonds is 17. The Bertz CT molecular complexity index is 712. The molecule has 0 spiro atoms. The lowest BCUT2D eigenvalue weighted by Crippen LogP contribution is -2.20. The van der Waals surface area contributed by atoms with Gasteiger partial charge in [0.15, 0.2) is 0 Å². The fourth-order valence-electron chi connectivity index (χ4n) is 6.30. The van der Waals surface area contributed by atoms with Gasteiger partial charge in [-0.15, -0.1) is 0 Å². The Hall–Kier alpha value is -1.84. The Morgan fingerprint density at radius 2 is 0.900 bits per heavy atom. The number of carbonyl (C=O) groups excluding carboxylic acids is 2. The van der Waals surface area contributed by atoms with Crippen molar-refractivity contribution >= 4 is 11.9 Å². The topological polar surface area (TPSA) is 52.6 Å². The van der Waals surface area contributed by atoms with Gasteiger partial charge in [0.25, 0.3) is 0 Å². The van der Waals surface area contributed by atoms with Crippen LogP contribution in [-0.2, 0) is 9.47 Å². The minimum atomic E-state index is -0.444. The van der Waals surface area contributed by atoms with Gasteiger partial charge >= 0.3 is 11.9 Å². The third-order valence-electron chi connectivity index (χ3n) is 8.80. The SMILES string of the molecule is C1CCC(C2CCCCC2)CC1.CCCCCCCCOC(=O)c1ccccc1C(=O)OCCCCCCCC. The van der Waals surface area contributed by atoms with Gasteiger partial charge < -0.3 is 9.47 Å². The summed E-state index contributed by atoms with van der Waals surface area (Å²) in [6.07, 6.45) is 29.0. The molecule has 0 heterocycles. The highest BCUT2D eigenvalue weighted by Crippen LogP contribution is 2.37. The second-order valence-corrected chi connectivity index (χ2v) is 12.1. The molecule has 0 aromatic heterocycles. The Morgan fingerprint density at radius 1 is 0.550 bits per heavy atom. The van der Waals surface area contributed by atoms with Crippen molar-refractivity contribution < 1.29 is 19.1 Å². The normalized spacial score (nSPS) is 16.1. The molecule has 0 bridgehead atoms. The Balaban J connectivity index is 0.000000382. The van der Waals surface area contributed by atoms with E-state index in [1.54, 1.807) is 49.9 Å². The number of esters is 2. The standard InChI is InChI=1S/C24H38O4.C12H22/c1-3-5-7-9-11-15-19-27-23(25)21-17-13-14-18-22(21)24(26)28-20-16-12-10-8-6-4-2;1-3-7-11(8-4-1)12-9-5-2-6-10-12/h13-14,17-18H,3-12,15-16,19-20H2,1-2H3;11-12H,1-10H2. The van der Waals surface area contributed by atoms with E-state index < -0.39 is 11.9 Å². The molecule has 228 valence electrons. The summed E-state index contributed by atoms with van der Waals surface area (Å²) < 4.78 is 10.7. The third-order valence-corrected chi connectivity index (χ3v) is 8.80. The van der Waals surface area contributed by atoms with Gasteiger partial charge in [-0.25, -0.2) is 9.59 Å². The predicted octanol–water partition coefficient (Wildman–Crippen LogP) is 10.9. The largest absolute Gasteiger partial charge is 0.462 e. The second-order valence-electron chi connectivity index (χ2n) is 12.1. The first-order valence-corrected chi connectivity index (χ1v) is 17.1. The molecule has 1 aromatic carbocycles. The monoisotopic (exact) mass is 556 g/mol. The van der Waals surface area contributed by atoms with Crippen LogP contribution in [0.3, 0.4) is 0 Å². The van der Waals surface area contributed by atoms with E-state index in [0.29, 0.717) is 24.3 Å². The molecule has 2 fully saturated rings. The van der Waals surface area contributed by atoms with Gasteiger partial charge in [-0.2, -0.15) is 0 Å². The lowest BCUT2D eigenvalue weighted by Gasteiger charge is -2.32. The number of hydrogen-bond donors (Lipinski definition) is 0. The van der Waals surface area contributed by atoms with Gasteiger partial charge in [-0.05, 0) is 36.8 Å². The Labute approximate surface area is 246 Å². The van der Waals surface area contributed by atoms with E-state index in [1.165, 1.54) is 89.9 Å². The zero-order valence-corrected chi connectivity index (χ0v) is 26.1. The number of carbonyl (C=O) groups is 2. The van der Waals surface area contributed by atoms with Crippen LogP contribution in [0.25, 0.3) is 0 Å². The predicted molar refractivity (Wildman–Crippen MR) is 167 cm³/mol. The summed E-state index contributed by atoms with van der Waals surface area (Å²) in [6.45, 7) is 5.17. The van der Waals surface area contributed by atoms with Gasteiger partial charge in [0.1, 0.15) is 0 Å². The van der Waals surface area contributed by atoms with Crippen molar-refractivity contribution in [1.29, 1.82) is 0 Å². The first-order valence-electron chi connectivity index (χ1n) is 17.1. The van der Waals surface area contributed by atoms with Crippen molar-refractivity contribution in [3.05, 3.63) is 35.4 Å². The van der Waals surface area contributed by atoms with Gasteiger partial charge in [0, 0.05) is 0 Å². The second kappa shape index (κ2) is 22.8. The van der Waals surface area contributed by atoms with E-state index in [9.17, 15) is 9.59 Å². The first kappa shape index (κ1) is 34.4. The van der Waals surface area contributed by atoms with Crippen LogP contribution in [0.15, 0.2) is 24.3 Å². The van der Waals surface area contributed by atoms with Crippen LogP contribution < -0.4 is 0 Å². The molecule has 1 aromatic rings.